The smallest absolute Gasteiger partial charge is 0.242 e. The van der Waals surface area contributed by atoms with Gasteiger partial charge in [-0.1, -0.05) is 11.6 Å². The summed E-state index contributed by atoms with van der Waals surface area (Å²) in [6, 6.07) is 9.67. The molecule has 0 spiro atoms. The minimum atomic E-state index is -0.140. The number of halogens is 1. The number of aromatic nitrogens is 3. The summed E-state index contributed by atoms with van der Waals surface area (Å²) in [4.78, 5) is 33.6. The van der Waals surface area contributed by atoms with Crippen molar-refractivity contribution in [2.75, 3.05) is 37.6 Å². The number of carbonyl (C=O) groups is 2. The lowest BCUT2D eigenvalue weighted by atomic mass is 10.1. The molecule has 4 rings (SSSR count). The first-order valence-electron chi connectivity index (χ1n) is 11.2. The van der Waals surface area contributed by atoms with Crippen molar-refractivity contribution >= 4 is 34.7 Å². The number of aryl methyl sites for hydroxylation is 3. The Kier molecular flexibility index (Phi) is 6.83. The topological polar surface area (TPSA) is 82.8 Å². The third-order valence-corrected chi connectivity index (χ3v) is 6.40. The van der Waals surface area contributed by atoms with Gasteiger partial charge in [-0.15, -0.1) is 0 Å². The molecule has 1 N–H and O–H groups in total. The van der Waals surface area contributed by atoms with Gasteiger partial charge >= 0.3 is 0 Å². The fourth-order valence-electron chi connectivity index (χ4n) is 4.28. The molecule has 0 atom stereocenters. The molecule has 2 amide bonds. The molecule has 33 heavy (non-hydrogen) atoms. The van der Waals surface area contributed by atoms with E-state index in [0.717, 1.165) is 47.1 Å². The highest BCUT2D eigenvalue weighted by molar-refractivity contribution is 6.30. The van der Waals surface area contributed by atoms with E-state index in [9.17, 15) is 9.59 Å². The van der Waals surface area contributed by atoms with E-state index >= 15 is 0 Å². The molecule has 0 radical (unpaired) electrons. The number of amides is 2. The zero-order valence-electron chi connectivity index (χ0n) is 19.3. The first-order valence-corrected chi connectivity index (χ1v) is 11.6. The van der Waals surface area contributed by atoms with Crippen LogP contribution in [0.1, 0.15) is 29.1 Å². The van der Waals surface area contributed by atoms with Crippen molar-refractivity contribution < 1.29 is 9.59 Å². The van der Waals surface area contributed by atoms with Gasteiger partial charge in [0.15, 0.2) is 5.65 Å². The number of fused-ring (bicyclic) bond motifs is 1. The lowest BCUT2D eigenvalue weighted by Crippen LogP contribution is -2.51. The molecule has 1 fully saturated rings. The Morgan fingerprint density at radius 2 is 1.76 bits per heavy atom. The van der Waals surface area contributed by atoms with E-state index in [-0.39, 0.29) is 18.4 Å². The first-order chi connectivity index (χ1) is 15.8. The highest BCUT2D eigenvalue weighted by atomic mass is 35.5. The molecule has 0 bridgehead atoms. The number of hydrogen-bond acceptors (Lipinski definition) is 5. The van der Waals surface area contributed by atoms with Crippen LogP contribution in [-0.2, 0) is 16.0 Å². The minimum absolute atomic E-state index is 0.0212. The predicted octanol–water partition coefficient (Wildman–Crippen LogP) is 2.71. The summed E-state index contributed by atoms with van der Waals surface area (Å²) in [5, 5.41) is 7.96. The monoisotopic (exact) mass is 468 g/mol. The van der Waals surface area contributed by atoms with Crippen molar-refractivity contribution in [3.05, 3.63) is 58.0 Å². The van der Waals surface area contributed by atoms with E-state index in [1.807, 2.05) is 55.6 Å². The van der Waals surface area contributed by atoms with E-state index < -0.39 is 0 Å². The Morgan fingerprint density at radius 1 is 1.06 bits per heavy atom. The molecule has 1 aromatic carbocycles. The molecule has 0 saturated carbocycles. The Hall–Kier alpha value is -3.13. The molecule has 0 unspecified atom stereocenters. The van der Waals surface area contributed by atoms with Gasteiger partial charge in [0.05, 0.1) is 12.2 Å². The van der Waals surface area contributed by atoms with Crippen LogP contribution in [0, 0.1) is 20.8 Å². The molecule has 3 heterocycles. The molecule has 174 valence electrons. The molecule has 1 aliphatic heterocycles. The number of nitrogens with zero attached hydrogens (tertiary/aromatic N) is 5. The van der Waals surface area contributed by atoms with Gasteiger partial charge in [0.2, 0.25) is 11.8 Å². The van der Waals surface area contributed by atoms with Crippen molar-refractivity contribution in [3.63, 3.8) is 0 Å². The van der Waals surface area contributed by atoms with Crippen LogP contribution in [-0.4, -0.2) is 64.0 Å². The van der Waals surface area contributed by atoms with Gasteiger partial charge in [-0.05, 0) is 57.0 Å². The van der Waals surface area contributed by atoms with Crippen molar-refractivity contribution in [1.82, 2.24) is 24.8 Å². The molecule has 3 aromatic rings. The van der Waals surface area contributed by atoms with E-state index in [1.54, 1.807) is 4.90 Å². The third kappa shape index (κ3) is 5.27. The van der Waals surface area contributed by atoms with Crippen LogP contribution in [0.2, 0.25) is 5.02 Å². The van der Waals surface area contributed by atoms with Gasteiger partial charge in [0.25, 0.3) is 0 Å². The fourth-order valence-corrected chi connectivity index (χ4v) is 4.41. The van der Waals surface area contributed by atoms with Crippen LogP contribution in [0.25, 0.3) is 5.65 Å². The largest absolute Gasteiger partial charge is 0.368 e. The summed E-state index contributed by atoms with van der Waals surface area (Å²) in [6.45, 7) is 8.67. The molecule has 1 saturated heterocycles. The molecular weight excluding hydrogens is 440 g/mol. The van der Waals surface area contributed by atoms with Gasteiger partial charge in [0, 0.05) is 60.8 Å². The van der Waals surface area contributed by atoms with Crippen LogP contribution < -0.4 is 10.2 Å². The molecule has 8 nitrogen and oxygen atoms in total. The van der Waals surface area contributed by atoms with Crippen LogP contribution in [0.15, 0.2) is 30.3 Å². The maximum atomic E-state index is 12.6. The Morgan fingerprint density at radius 3 is 2.45 bits per heavy atom. The van der Waals surface area contributed by atoms with Gasteiger partial charge in [-0.3, -0.25) is 9.59 Å². The summed E-state index contributed by atoms with van der Waals surface area (Å²) in [5.41, 5.74) is 5.74. The molecular formula is C24H29ClN6O2. The number of nitrogens with one attached hydrogen (secondary N) is 1. The summed E-state index contributed by atoms with van der Waals surface area (Å²) >= 11 is 5.96. The van der Waals surface area contributed by atoms with Crippen LogP contribution in [0.4, 0.5) is 5.69 Å². The summed E-state index contributed by atoms with van der Waals surface area (Å²) in [6.07, 6.45) is 0.853. The van der Waals surface area contributed by atoms with Crippen LogP contribution in [0.5, 0.6) is 0 Å². The number of piperazine rings is 1. The van der Waals surface area contributed by atoms with Gasteiger partial charge in [-0.2, -0.15) is 5.10 Å². The Balaban J connectivity index is 1.24. The number of hydrogen-bond donors (Lipinski definition) is 1. The normalized spacial score (nSPS) is 14.1. The standard InChI is InChI=1S/C24H29ClN6O2/c1-16-14-22-27-17(2)21(18(3)31(22)28-16)8-9-23(32)26-15-24(33)30-12-10-29(11-13-30)20-6-4-19(25)5-7-20/h4-7,14H,8-13,15H2,1-3H3,(H,26,32). The number of carbonyl (C=O) groups excluding carboxylic acids is 2. The van der Waals surface area contributed by atoms with E-state index in [4.69, 9.17) is 11.6 Å². The average molecular weight is 469 g/mol. The summed E-state index contributed by atoms with van der Waals surface area (Å²) in [7, 11) is 0. The molecule has 1 aliphatic rings. The van der Waals surface area contributed by atoms with Crippen LogP contribution >= 0.6 is 11.6 Å². The second kappa shape index (κ2) is 9.79. The number of benzene rings is 1. The van der Waals surface area contributed by atoms with Gasteiger partial charge < -0.3 is 15.1 Å². The van der Waals surface area contributed by atoms with E-state index in [2.05, 4.69) is 20.3 Å². The lowest BCUT2D eigenvalue weighted by molar-refractivity contribution is -0.133. The fraction of sp³-hybridized carbons (Fsp3) is 0.417. The number of anilines is 1. The van der Waals surface area contributed by atoms with Crippen molar-refractivity contribution in [3.8, 4) is 0 Å². The Bertz CT molecular complexity index is 1170. The molecule has 0 aliphatic carbocycles. The van der Waals surface area contributed by atoms with Crippen LogP contribution in [0.3, 0.4) is 0 Å². The second-order valence-corrected chi connectivity index (χ2v) is 8.87. The quantitative estimate of drug-likeness (QED) is 0.601. The maximum absolute atomic E-state index is 12.6. The van der Waals surface area contributed by atoms with E-state index in [0.29, 0.717) is 31.0 Å². The van der Waals surface area contributed by atoms with Crippen molar-refractivity contribution in [2.24, 2.45) is 0 Å². The van der Waals surface area contributed by atoms with Crippen molar-refractivity contribution in [2.45, 2.75) is 33.6 Å². The summed E-state index contributed by atoms with van der Waals surface area (Å²) in [5.74, 6) is -0.194. The zero-order valence-corrected chi connectivity index (χ0v) is 20.0. The Labute approximate surface area is 198 Å². The molecule has 9 heteroatoms. The third-order valence-electron chi connectivity index (χ3n) is 6.15. The van der Waals surface area contributed by atoms with Gasteiger partial charge in [-0.25, -0.2) is 9.50 Å². The number of rotatable bonds is 6. The predicted molar refractivity (Wildman–Crippen MR) is 129 cm³/mol. The zero-order chi connectivity index (χ0) is 23.5. The SMILES string of the molecule is Cc1cc2nc(C)c(CCC(=O)NCC(=O)N3CCN(c4ccc(Cl)cc4)CC3)c(C)n2n1. The second-order valence-electron chi connectivity index (χ2n) is 8.44. The first kappa shape index (κ1) is 23.0. The lowest BCUT2D eigenvalue weighted by Gasteiger charge is -2.36. The van der Waals surface area contributed by atoms with Gasteiger partial charge in [0.1, 0.15) is 0 Å². The average Bonchev–Trinajstić information content (AvgIpc) is 3.18. The highest BCUT2D eigenvalue weighted by Crippen LogP contribution is 2.20. The van der Waals surface area contributed by atoms with Crippen molar-refractivity contribution in [1.29, 1.82) is 0 Å². The minimum Gasteiger partial charge on any atom is -0.368 e. The maximum Gasteiger partial charge on any atom is 0.242 e. The molecule has 2 aromatic heterocycles. The van der Waals surface area contributed by atoms with E-state index in [1.165, 1.54) is 0 Å². The summed E-state index contributed by atoms with van der Waals surface area (Å²) < 4.78 is 1.82. The highest BCUT2D eigenvalue weighted by Gasteiger charge is 2.21.